The van der Waals surface area contributed by atoms with Crippen molar-refractivity contribution in [2.75, 3.05) is 17.7 Å². The van der Waals surface area contributed by atoms with Crippen LogP contribution in [0.25, 0.3) is 0 Å². The summed E-state index contributed by atoms with van der Waals surface area (Å²) in [4.78, 5) is 8.74. The first kappa shape index (κ1) is 16.3. The Morgan fingerprint density at radius 3 is 2.62 bits per heavy atom. The van der Waals surface area contributed by atoms with Crippen molar-refractivity contribution in [3.05, 3.63) is 64.8 Å². The minimum atomic E-state index is 0.527. The van der Waals surface area contributed by atoms with Crippen LogP contribution in [0.3, 0.4) is 0 Å². The first-order valence-electron chi connectivity index (χ1n) is 7.41. The van der Waals surface area contributed by atoms with Gasteiger partial charge < -0.3 is 15.4 Å². The standard InChI is InChI=1S/C18H17BrN4O/c1-12-6-7-14(11-16(12)19)22-18-20-9-8-17(23-18)21-13-4-3-5-15(10-13)24-2/h3-11H,1-2H3,(H2,20,21,22,23). The highest BCUT2D eigenvalue weighted by Gasteiger charge is 2.03. The average molecular weight is 385 g/mol. The minimum absolute atomic E-state index is 0.527. The van der Waals surface area contributed by atoms with Gasteiger partial charge in [0.15, 0.2) is 0 Å². The number of nitrogens with one attached hydrogen (secondary N) is 2. The van der Waals surface area contributed by atoms with Crippen LogP contribution in [0.15, 0.2) is 59.2 Å². The van der Waals surface area contributed by atoms with E-state index in [1.807, 2.05) is 55.5 Å². The van der Waals surface area contributed by atoms with Crippen LogP contribution < -0.4 is 15.4 Å². The summed E-state index contributed by atoms with van der Waals surface area (Å²) in [6.07, 6.45) is 1.71. The van der Waals surface area contributed by atoms with Crippen LogP contribution in [0, 0.1) is 6.92 Å². The second kappa shape index (κ2) is 7.31. The fourth-order valence-electron chi connectivity index (χ4n) is 2.14. The van der Waals surface area contributed by atoms with Gasteiger partial charge in [0, 0.05) is 28.1 Å². The van der Waals surface area contributed by atoms with Crippen molar-refractivity contribution in [2.45, 2.75) is 6.92 Å². The van der Waals surface area contributed by atoms with Crippen molar-refractivity contribution < 1.29 is 4.74 Å². The molecule has 0 bridgehead atoms. The maximum absolute atomic E-state index is 5.23. The van der Waals surface area contributed by atoms with E-state index in [4.69, 9.17) is 4.74 Å². The Kier molecular flexibility index (Phi) is 4.96. The molecule has 3 aromatic rings. The van der Waals surface area contributed by atoms with E-state index < -0.39 is 0 Å². The largest absolute Gasteiger partial charge is 0.497 e. The molecule has 1 aromatic heterocycles. The van der Waals surface area contributed by atoms with Gasteiger partial charge in [0.1, 0.15) is 11.6 Å². The fraction of sp³-hybridized carbons (Fsp3) is 0.111. The number of ether oxygens (including phenoxy) is 1. The van der Waals surface area contributed by atoms with Crippen LogP contribution in [0.5, 0.6) is 5.75 Å². The molecule has 0 saturated heterocycles. The van der Waals surface area contributed by atoms with Crippen molar-refractivity contribution in [2.24, 2.45) is 0 Å². The minimum Gasteiger partial charge on any atom is -0.497 e. The highest BCUT2D eigenvalue weighted by molar-refractivity contribution is 9.10. The van der Waals surface area contributed by atoms with E-state index in [-0.39, 0.29) is 0 Å². The van der Waals surface area contributed by atoms with Crippen LogP contribution in [0.1, 0.15) is 5.56 Å². The number of rotatable bonds is 5. The molecule has 0 unspecified atom stereocenters. The quantitative estimate of drug-likeness (QED) is 0.644. The van der Waals surface area contributed by atoms with E-state index in [0.29, 0.717) is 11.8 Å². The van der Waals surface area contributed by atoms with Gasteiger partial charge in [0.2, 0.25) is 5.95 Å². The Bertz CT molecular complexity index is 854. The second-order valence-electron chi connectivity index (χ2n) is 5.21. The number of aryl methyl sites for hydroxylation is 1. The van der Waals surface area contributed by atoms with Crippen molar-refractivity contribution >= 4 is 39.1 Å². The number of benzene rings is 2. The third-order valence-electron chi connectivity index (χ3n) is 3.43. The van der Waals surface area contributed by atoms with E-state index in [9.17, 15) is 0 Å². The lowest BCUT2D eigenvalue weighted by molar-refractivity contribution is 0.415. The normalized spacial score (nSPS) is 10.3. The van der Waals surface area contributed by atoms with E-state index in [0.717, 1.165) is 21.6 Å². The van der Waals surface area contributed by atoms with Gasteiger partial charge in [-0.2, -0.15) is 4.98 Å². The first-order valence-corrected chi connectivity index (χ1v) is 8.20. The maximum atomic E-state index is 5.23. The predicted octanol–water partition coefficient (Wildman–Crippen LogP) is 5.04. The lowest BCUT2D eigenvalue weighted by Crippen LogP contribution is -2.00. The van der Waals surface area contributed by atoms with E-state index in [1.54, 1.807) is 13.3 Å². The number of hydrogen-bond acceptors (Lipinski definition) is 5. The molecule has 0 radical (unpaired) electrons. The Morgan fingerprint density at radius 2 is 1.83 bits per heavy atom. The number of halogens is 1. The number of anilines is 4. The van der Waals surface area contributed by atoms with Gasteiger partial charge in [-0.3, -0.25) is 0 Å². The van der Waals surface area contributed by atoms with Gasteiger partial charge >= 0.3 is 0 Å². The highest BCUT2D eigenvalue weighted by atomic mass is 79.9. The summed E-state index contributed by atoms with van der Waals surface area (Å²) in [5.74, 6) is 2.02. The molecule has 0 atom stereocenters. The molecular formula is C18H17BrN4O. The monoisotopic (exact) mass is 384 g/mol. The molecule has 3 rings (SSSR count). The highest BCUT2D eigenvalue weighted by Crippen LogP contribution is 2.24. The van der Waals surface area contributed by atoms with E-state index in [2.05, 4.69) is 36.5 Å². The molecule has 122 valence electrons. The number of methoxy groups -OCH3 is 1. The Labute approximate surface area is 149 Å². The smallest absolute Gasteiger partial charge is 0.229 e. The molecule has 0 aliphatic rings. The molecule has 0 saturated carbocycles. The number of nitrogens with zero attached hydrogens (tertiary/aromatic N) is 2. The van der Waals surface area contributed by atoms with Crippen molar-refractivity contribution in [1.82, 2.24) is 9.97 Å². The molecule has 0 aliphatic carbocycles. The Hall–Kier alpha value is -2.60. The summed E-state index contributed by atoms with van der Waals surface area (Å²) in [7, 11) is 1.64. The molecule has 0 fully saturated rings. The zero-order valence-electron chi connectivity index (χ0n) is 13.4. The van der Waals surface area contributed by atoms with E-state index in [1.165, 1.54) is 5.56 Å². The molecule has 2 aromatic carbocycles. The van der Waals surface area contributed by atoms with Crippen LogP contribution in [0.4, 0.5) is 23.1 Å². The molecular weight excluding hydrogens is 368 g/mol. The molecule has 2 N–H and O–H groups in total. The summed E-state index contributed by atoms with van der Waals surface area (Å²) < 4.78 is 6.27. The van der Waals surface area contributed by atoms with Crippen molar-refractivity contribution in [3.8, 4) is 5.75 Å². The number of aromatic nitrogens is 2. The summed E-state index contributed by atoms with van der Waals surface area (Å²) in [6, 6.07) is 15.5. The SMILES string of the molecule is COc1cccc(Nc2ccnc(Nc3ccc(C)c(Br)c3)n2)c1. The lowest BCUT2D eigenvalue weighted by atomic mass is 10.2. The molecule has 0 amide bonds. The lowest BCUT2D eigenvalue weighted by Gasteiger charge is -2.10. The Morgan fingerprint density at radius 1 is 1.00 bits per heavy atom. The molecule has 0 spiro atoms. The summed E-state index contributed by atoms with van der Waals surface area (Å²) in [5, 5.41) is 6.45. The molecule has 6 heteroatoms. The van der Waals surface area contributed by atoms with Crippen LogP contribution in [-0.2, 0) is 0 Å². The molecule has 0 aliphatic heterocycles. The van der Waals surface area contributed by atoms with Gasteiger partial charge in [-0.15, -0.1) is 0 Å². The summed E-state index contributed by atoms with van der Waals surface area (Å²) >= 11 is 3.53. The summed E-state index contributed by atoms with van der Waals surface area (Å²) in [5.41, 5.74) is 3.00. The third kappa shape index (κ3) is 4.02. The molecule has 1 heterocycles. The Balaban J connectivity index is 1.77. The van der Waals surface area contributed by atoms with Crippen LogP contribution in [0.2, 0.25) is 0 Å². The van der Waals surface area contributed by atoms with Crippen LogP contribution >= 0.6 is 15.9 Å². The zero-order chi connectivity index (χ0) is 16.9. The second-order valence-corrected chi connectivity index (χ2v) is 6.07. The maximum Gasteiger partial charge on any atom is 0.229 e. The van der Waals surface area contributed by atoms with Gasteiger partial charge in [-0.1, -0.05) is 28.1 Å². The fourth-order valence-corrected chi connectivity index (χ4v) is 2.52. The van der Waals surface area contributed by atoms with Crippen molar-refractivity contribution in [1.29, 1.82) is 0 Å². The zero-order valence-corrected chi connectivity index (χ0v) is 15.0. The average Bonchev–Trinajstić information content (AvgIpc) is 2.59. The van der Waals surface area contributed by atoms with Gasteiger partial charge in [-0.25, -0.2) is 4.98 Å². The van der Waals surface area contributed by atoms with E-state index >= 15 is 0 Å². The predicted molar refractivity (Wildman–Crippen MR) is 100 cm³/mol. The first-order chi connectivity index (χ1) is 11.6. The summed E-state index contributed by atoms with van der Waals surface area (Å²) in [6.45, 7) is 2.04. The van der Waals surface area contributed by atoms with Gasteiger partial charge in [-0.05, 0) is 42.8 Å². The molecule has 5 nitrogen and oxygen atoms in total. The topological polar surface area (TPSA) is 59.1 Å². The van der Waals surface area contributed by atoms with Gasteiger partial charge in [0.05, 0.1) is 7.11 Å². The van der Waals surface area contributed by atoms with Crippen LogP contribution in [-0.4, -0.2) is 17.1 Å². The molecule has 24 heavy (non-hydrogen) atoms. The van der Waals surface area contributed by atoms with Gasteiger partial charge in [0.25, 0.3) is 0 Å². The van der Waals surface area contributed by atoms with Crippen molar-refractivity contribution in [3.63, 3.8) is 0 Å². The number of hydrogen-bond donors (Lipinski definition) is 2. The third-order valence-corrected chi connectivity index (χ3v) is 4.28.